The van der Waals surface area contributed by atoms with E-state index in [1.807, 2.05) is 12.1 Å². The number of aromatic nitrogens is 3. The fourth-order valence-corrected chi connectivity index (χ4v) is 2.21. The van der Waals surface area contributed by atoms with Crippen molar-refractivity contribution in [2.45, 2.75) is 13.5 Å². The van der Waals surface area contributed by atoms with Crippen LogP contribution in [0.5, 0.6) is 0 Å². The Morgan fingerprint density at radius 1 is 1.58 bits per heavy atom. The molecule has 1 N–H and O–H groups in total. The van der Waals surface area contributed by atoms with Crippen LogP contribution in [0, 0.1) is 17.0 Å². The van der Waals surface area contributed by atoms with Crippen molar-refractivity contribution in [1.82, 2.24) is 14.8 Å². The van der Waals surface area contributed by atoms with Gasteiger partial charge in [0.05, 0.1) is 4.92 Å². The first-order valence-electron chi connectivity index (χ1n) is 5.51. The van der Waals surface area contributed by atoms with Crippen LogP contribution in [0.4, 0.5) is 11.5 Å². The van der Waals surface area contributed by atoms with E-state index in [-0.39, 0.29) is 5.69 Å². The van der Waals surface area contributed by atoms with Crippen molar-refractivity contribution in [3.05, 3.63) is 44.3 Å². The molecule has 2 aromatic heterocycles. The first-order valence-corrected chi connectivity index (χ1v) is 6.30. The van der Waals surface area contributed by atoms with Crippen LogP contribution in [0.1, 0.15) is 11.3 Å². The Bertz CT molecular complexity index is 626. The van der Waals surface area contributed by atoms with Crippen LogP contribution in [0.3, 0.4) is 0 Å². The Morgan fingerprint density at radius 2 is 2.32 bits per heavy atom. The van der Waals surface area contributed by atoms with Gasteiger partial charge in [0.15, 0.2) is 0 Å². The first-order chi connectivity index (χ1) is 8.99. The molecule has 2 rings (SSSR count). The summed E-state index contributed by atoms with van der Waals surface area (Å²) in [7, 11) is 1.67. The highest BCUT2D eigenvalue weighted by atomic mass is 79.9. The number of rotatable bonds is 4. The van der Waals surface area contributed by atoms with Gasteiger partial charge in [-0.25, -0.2) is 9.67 Å². The summed E-state index contributed by atoms with van der Waals surface area (Å²) in [4.78, 5) is 14.6. The van der Waals surface area contributed by atoms with E-state index in [0.29, 0.717) is 18.1 Å². The highest BCUT2D eigenvalue weighted by Gasteiger charge is 2.23. The molecule has 8 heteroatoms. The summed E-state index contributed by atoms with van der Waals surface area (Å²) in [6.07, 6.45) is 1.67. The van der Waals surface area contributed by atoms with Crippen molar-refractivity contribution in [2.24, 2.45) is 7.05 Å². The molecule has 2 aromatic rings. The van der Waals surface area contributed by atoms with E-state index >= 15 is 0 Å². The minimum Gasteiger partial charge on any atom is -0.360 e. The van der Waals surface area contributed by atoms with Crippen molar-refractivity contribution in [1.29, 1.82) is 0 Å². The Morgan fingerprint density at radius 3 is 2.95 bits per heavy atom. The van der Waals surface area contributed by atoms with Crippen LogP contribution < -0.4 is 5.32 Å². The lowest BCUT2D eigenvalue weighted by molar-refractivity contribution is -0.384. The van der Waals surface area contributed by atoms with E-state index in [4.69, 9.17) is 0 Å². The SMILES string of the molecule is Cc1nn(C)c(NCc2ccnc(Br)c2)c1[N+](=O)[O-]. The third-order valence-corrected chi connectivity index (χ3v) is 3.06. The number of nitrogens with one attached hydrogen (secondary N) is 1. The number of aryl methyl sites for hydroxylation is 2. The smallest absolute Gasteiger partial charge is 0.333 e. The molecule has 0 bridgehead atoms. The number of pyridine rings is 1. The van der Waals surface area contributed by atoms with Gasteiger partial charge in [-0.3, -0.25) is 10.1 Å². The van der Waals surface area contributed by atoms with Gasteiger partial charge in [-0.15, -0.1) is 0 Å². The van der Waals surface area contributed by atoms with E-state index < -0.39 is 4.92 Å². The molecular weight excluding hydrogens is 314 g/mol. The molecule has 19 heavy (non-hydrogen) atoms. The second kappa shape index (κ2) is 5.35. The number of nitro groups is 1. The van der Waals surface area contributed by atoms with E-state index in [1.165, 1.54) is 4.68 Å². The molecular formula is C11H12BrN5O2. The summed E-state index contributed by atoms with van der Waals surface area (Å²) in [5, 5.41) is 18.1. The summed E-state index contributed by atoms with van der Waals surface area (Å²) < 4.78 is 2.20. The maximum absolute atomic E-state index is 11.0. The van der Waals surface area contributed by atoms with Crippen LogP contribution in [-0.2, 0) is 13.6 Å². The largest absolute Gasteiger partial charge is 0.360 e. The molecule has 0 spiro atoms. The van der Waals surface area contributed by atoms with Gasteiger partial charge in [0.25, 0.3) is 0 Å². The van der Waals surface area contributed by atoms with Gasteiger partial charge in [-0.2, -0.15) is 5.10 Å². The van der Waals surface area contributed by atoms with Gasteiger partial charge in [0.1, 0.15) is 10.3 Å². The topological polar surface area (TPSA) is 85.9 Å². The van der Waals surface area contributed by atoms with Crippen molar-refractivity contribution in [3.8, 4) is 0 Å². The van der Waals surface area contributed by atoms with Gasteiger partial charge in [-0.05, 0) is 40.5 Å². The molecule has 0 unspecified atom stereocenters. The minimum absolute atomic E-state index is 0.00984. The van der Waals surface area contributed by atoms with E-state index in [1.54, 1.807) is 20.2 Å². The molecule has 0 fully saturated rings. The van der Waals surface area contributed by atoms with Gasteiger partial charge >= 0.3 is 5.69 Å². The van der Waals surface area contributed by atoms with Crippen LogP contribution >= 0.6 is 15.9 Å². The second-order valence-electron chi connectivity index (χ2n) is 4.00. The number of halogens is 1. The lowest BCUT2D eigenvalue weighted by Gasteiger charge is -2.06. The first kappa shape index (κ1) is 13.5. The third-order valence-electron chi connectivity index (χ3n) is 2.62. The zero-order valence-corrected chi connectivity index (χ0v) is 12.0. The molecule has 0 aliphatic carbocycles. The molecule has 0 aliphatic rings. The molecule has 0 aliphatic heterocycles. The zero-order chi connectivity index (χ0) is 14.0. The molecule has 0 amide bonds. The van der Waals surface area contributed by atoms with E-state index in [2.05, 4.69) is 31.3 Å². The molecule has 0 radical (unpaired) electrons. The van der Waals surface area contributed by atoms with Crippen molar-refractivity contribution in [2.75, 3.05) is 5.32 Å². The van der Waals surface area contributed by atoms with Crippen LogP contribution in [0.25, 0.3) is 0 Å². The average Bonchev–Trinajstić information content (AvgIpc) is 2.61. The maximum atomic E-state index is 11.0. The third kappa shape index (κ3) is 2.90. The molecule has 7 nitrogen and oxygen atoms in total. The summed E-state index contributed by atoms with van der Waals surface area (Å²) in [6.45, 7) is 2.08. The average molecular weight is 326 g/mol. The van der Waals surface area contributed by atoms with Crippen molar-refractivity contribution in [3.63, 3.8) is 0 Å². The number of hydrogen-bond donors (Lipinski definition) is 1. The van der Waals surface area contributed by atoms with Crippen LogP contribution in [-0.4, -0.2) is 19.7 Å². The van der Waals surface area contributed by atoms with Crippen LogP contribution in [0.15, 0.2) is 22.9 Å². The van der Waals surface area contributed by atoms with Crippen molar-refractivity contribution >= 4 is 27.4 Å². The highest BCUT2D eigenvalue weighted by Crippen LogP contribution is 2.27. The van der Waals surface area contributed by atoms with Crippen molar-refractivity contribution < 1.29 is 4.92 Å². The van der Waals surface area contributed by atoms with E-state index in [0.717, 1.165) is 10.2 Å². The van der Waals surface area contributed by atoms with Gasteiger partial charge < -0.3 is 5.32 Å². The van der Waals surface area contributed by atoms with Crippen LogP contribution in [0.2, 0.25) is 0 Å². The minimum atomic E-state index is -0.423. The number of nitrogens with zero attached hydrogens (tertiary/aromatic N) is 4. The molecule has 0 saturated heterocycles. The Balaban J connectivity index is 2.22. The molecule has 100 valence electrons. The second-order valence-corrected chi connectivity index (χ2v) is 4.82. The normalized spacial score (nSPS) is 10.5. The Labute approximate surface area is 117 Å². The molecule has 2 heterocycles. The molecule has 0 aromatic carbocycles. The predicted octanol–water partition coefficient (Wildman–Crippen LogP) is 2.41. The standard InChI is InChI=1S/C11H12BrN5O2/c1-7-10(17(18)19)11(16(2)15-7)14-6-8-3-4-13-9(12)5-8/h3-5,14H,6H2,1-2H3. The number of anilines is 1. The number of hydrogen-bond acceptors (Lipinski definition) is 5. The monoisotopic (exact) mass is 325 g/mol. The van der Waals surface area contributed by atoms with E-state index in [9.17, 15) is 10.1 Å². The van der Waals surface area contributed by atoms with Gasteiger partial charge in [0.2, 0.25) is 5.82 Å². The quantitative estimate of drug-likeness (QED) is 0.530. The summed E-state index contributed by atoms with van der Waals surface area (Å²) in [6, 6.07) is 3.69. The predicted molar refractivity (Wildman–Crippen MR) is 73.9 cm³/mol. The Kier molecular flexibility index (Phi) is 3.79. The Hall–Kier alpha value is -1.96. The fraction of sp³-hybridized carbons (Fsp3) is 0.273. The fourth-order valence-electron chi connectivity index (χ4n) is 1.80. The summed E-state index contributed by atoms with van der Waals surface area (Å²) >= 11 is 3.28. The molecule has 0 atom stereocenters. The summed E-state index contributed by atoms with van der Waals surface area (Å²) in [5.41, 5.74) is 1.37. The maximum Gasteiger partial charge on any atom is 0.333 e. The highest BCUT2D eigenvalue weighted by molar-refractivity contribution is 9.10. The lowest BCUT2D eigenvalue weighted by Crippen LogP contribution is -2.06. The van der Waals surface area contributed by atoms with Gasteiger partial charge in [-0.1, -0.05) is 0 Å². The van der Waals surface area contributed by atoms with Gasteiger partial charge in [0, 0.05) is 19.8 Å². The zero-order valence-electron chi connectivity index (χ0n) is 10.4. The molecule has 0 saturated carbocycles. The summed E-state index contributed by atoms with van der Waals surface area (Å²) in [5.74, 6) is 0.399. The lowest BCUT2D eigenvalue weighted by atomic mass is 10.2.